The largest absolute Gasteiger partial charge is 0.443 e. The van der Waals surface area contributed by atoms with E-state index in [4.69, 9.17) is 4.74 Å². The fourth-order valence-electron chi connectivity index (χ4n) is 1.65. The fourth-order valence-corrected chi connectivity index (χ4v) is 1.65. The van der Waals surface area contributed by atoms with Gasteiger partial charge in [0, 0.05) is 12.1 Å². The summed E-state index contributed by atoms with van der Waals surface area (Å²) in [7, 11) is 0. The highest BCUT2D eigenvalue weighted by atomic mass is 16.5. The molecule has 0 spiro atoms. The summed E-state index contributed by atoms with van der Waals surface area (Å²) in [5.74, 6) is 1.73. The summed E-state index contributed by atoms with van der Waals surface area (Å²) in [6.45, 7) is 0. The maximum atomic E-state index is 5.77. The molecule has 1 aliphatic heterocycles. The van der Waals surface area contributed by atoms with Gasteiger partial charge in [0.15, 0.2) is 11.5 Å². The predicted molar refractivity (Wildman–Crippen MR) is 59.1 cm³/mol. The Hall–Kier alpha value is -2.09. The molecule has 2 aliphatic rings. The minimum absolute atomic E-state index is 0.860. The molecule has 1 heterocycles. The average molecular weight is 196 g/mol. The van der Waals surface area contributed by atoms with Crippen molar-refractivity contribution in [1.82, 2.24) is 0 Å². The Bertz CT molecular complexity index is 521. The molecule has 0 saturated heterocycles. The first-order valence-electron chi connectivity index (χ1n) is 4.90. The number of nitrogens with one attached hydrogen (secondary N) is 1. The summed E-state index contributed by atoms with van der Waals surface area (Å²) in [6, 6.07) is 7.92. The van der Waals surface area contributed by atoms with Crippen molar-refractivity contribution in [3.8, 4) is 5.75 Å². The second-order valence-electron chi connectivity index (χ2n) is 3.41. The van der Waals surface area contributed by atoms with Crippen LogP contribution < -0.4 is 9.73 Å². The molecule has 1 aromatic rings. The van der Waals surface area contributed by atoms with Crippen LogP contribution in [0.25, 0.3) is 0 Å². The van der Waals surface area contributed by atoms with Gasteiger partial charge in [-0.05, 0) is 12.1 Å². The van der Waals surface area contributed by atoms with Crippen molar-refractivity contribution in [3.05, 3.63) is 60.4 Å². The zero-order chi connectivity index (χ0) is 10.1. The molecule has 0 amide bonds. The van der Waals surface area contributed by atoms with Crippen LogP contribution in [0.1, 0.15) is 0 Å². The molecule has 72 valence electrons. The number of para-hydroxylation sites is 2. The lowest BCUT2D eigenvalue weighted by atomic mass is 10.2. The standard InChI is InChI=1S/C13H9NO/c1-2-6-10-12(8-3-1)15-13-9-5-4-7-11(13)14-10/h1-9H/p+1. The Kier molecular flexibility index (Phi) is 1.78. The molecular formula is C13H10NO+. The third kappa shape index (κ3) is 1.40. The van der Waals surface area contributed by atoms with E-state index >= 15 is 0 Å². The van der Waals surface area contributed by atoms with E-state index in [1.165, 1.54) is 0 Å². The van der Waals surface area contributed by atoms with Gasteiger partial charge < -0.3 is 4.74 Å². The van der Waals surface area contributed by atoms with Gasteiger partial charge in [0.05, 0.1) is 0 Å². The van der Waals surface area contributed by atoms with Crippen molar-refractivity contribution in [1.29, 1.82) is 0 Å². The van der Waals surface area contributed by atoms with E-state index in [9.17, 15) is 0 Å². The van der Waals surface area contributed by atoms with Gasteiger partial charge >= 0.3 is 0 Å². The molecule has 3 rings (SSSR count). The topological polar surface area (TPSA) is 23.2 Å². The second kappa shape index (κ2) is 3.24. The number of fused-ring (bicyclic) bond motifs is 2. The molecule has 0 aromatic heterocycles. The molecule has 0 radical (unpaired) electrons. The SMILES string of the molecule is C1=CC=C2Oc3ccccc3[NH+]=C2C=C1. The Labute approximate surface area is 87.9 Å². The lowest BCUT2D eigenvalue weighted by molar-refractivity contribution is -0.357. The first kappa shape index (κ1) is 8.24. The van der Waals surface area contributed by atoms with Crippen LogP contribution in [-0.2, 0) is 0 Å². The van der Waals surface area contributed by atoms with Gasteiger partial charge in [-0.15, -0.1) is 0 Å². The number of hydrogen-bond donors (Lipinski definition) is 1. The number of rotatable bonds is 0. The van der Waals surface area contributed by atoms with Crippen LogP contribution in [0.3, 0.4) is 0 Å². The van der Waals surface area contributed by atoms with Gasteiger partial charge in [0.25, 0.3) is 0 Å². The Morgan fingerprint density at radius 3 is 2.93 bits per heavy atom. The third-order valence-corrected chi connectivity index (χ3v) is 2.37. The maximum Gasteiger partial charge on any atom is 0.247 e. The summed E-state index contributed by atoms with van der Waals surface area (Å²) >= 11 is 0. The lowest BCUT2D eigenvalue weighted by Crippen LogP contribution is -2.68. The molecule has 0 bridgehead atoms. The van der Waals surface area contributed by atoms with E-state index in [2.05, 4.69) is 4.99 Å². The van der Waals surface area contributed by atoms with Crippen molar-refractivity contribution in [2.24, 2.45) is 0 Å². The Morgan fingerprint density at radius 2 is 1.93 bits per heavy atom. The highest BCUT2D eigenvalue weighted by molar-refractivity contribution is 6.05. The van der Waals surface area contributed by atoms with Gasteiger partial charge in [-0.2, -0.15) is 4.99 Å². The van der Waals surface area contributed by atoms with Crippen LogP contribution >= 0.6 is 0 Å². The molecule has 0 atom stereocenters. The lowest BCUT2D eigenvalue weighted by Gasteiger charge is -2.11. The molecule has 1 N–H and O–H groups in total. The summed E-state index contributed by atoms with van der Waals surface area (Å²) < 4.78 is 5.77. The van der Waals surface area contributed by atoms with Crippen LogP contribution in [0.5, 0.6) is 5.75 Å². The van der Waals surface area contributed by atoms with Gasteiger partial charge in [0.2, 0.25) is 11.4 Å². The number of hydrogen-bond acceptors (Lipinski definition) is 1. The average Bonchev–Trinajstić information content (AvgIpc) is 2.50. The van der Waals surface area contributed by atoms with E-state index in [1.54, 1.807) is 0 Å². The second-order valence-corrected chi connectivity index (χ2v) is 3.41. The van der Waals surface area contributed by atoms with Crippen molar-refractivity contribution in [2.45, 2.75) is 0 Å². The zero-order valence-corrected chi connectivity index (χ0v) is 8.10. The van der Waals surface area contributed by atoms with Crippen molar-refractivity contribution in [2.75, 3.05) is 0 Å². The van der Waals surface area contributed by atoms with Gasteiger partial charge in [-0.3, -0.25) is 0 Å². The van der Waals surface area contributed by atoms with Crippen molar-refractivity contribution in [3.63, 3.8) is 0 Å². The number of allylic oxidation sites excluding steroid dienone is 5. The molecule has 0 saturated carbocycles. The molecular weight excluding hydrogens is 186 g/mol. The van der Waals surface area contributed by atoms with E-state index in [0.29, 0.717) is 0 Å². The number of ether oxygens (including phenoxy) is 1. The van der Waals surface area contributed by atoms with E-state index in [1.807, 2.05) is 54.6 Å². The summed E-state index contributed by atoms with van der Waals surface area (Å²) in [4.78, 5) is 3.34. The normalized spacial score (nSPS) is 16.8. The molecule has 0 fully saturated rings. The summed E-state index contributed by atoms with van der Waals surface area (Å²) in [5.41, 5.74) is 2.01. The van der Waals surface area contributed by atoms with Crippen molar-refractivity contribution < 1.29 is 9.73 Å². The quantitative estimate of drug-likeness (QED) is 0.663. The van der Waals surface area contributed by atoms with Crippen LogP contribution in [0.15, 0.2) is 60.4 Å². The van der Waals surface area contributed by atoms with Gasteiger partial charge in [-0.25, -0.2) is 0 Å². The minimum atomic E-state index is 0.860. The molecule has 2 heteroatoms. The van der Waals surface area contributed by atoms with Gasteiger partial charge in [0.1, 0.15) is 0 Å². The molecule has 2 nitrogen and oxygen atoms in total. The highest BCUT2D eigenvalue weighted by Gasteiger charge is 2.22. The number of benzene rings is 1. The first-order chi connectivity index (χ1) is 7.43. The van der Waals surface area contributed by atoms with Crippen molar-refractivity contribution >= 4 is 11.4 Å². The Morgan fingerprint density at radius 1 is 1.00 bits per heavy atom. The highest BCUT2D eigenvalue weighted by Crippen LogP contribution is 2.24. The van der Waals surface area contributed by atoms with E-state index < -0.39 is 0 Å². The van der Waals surface area contributed by atoms with E-state index in [0.717, 1.165) is 22.9 Å². The Balaban J connectivity index is 2.17. The summed E-state index contributed by atoms with van der Waals surface area (Å²) in [5, 5.41) is 0. The smallest absolute Gasteiger partial charge is 0.247 e. The fraction of sp³-hybridized carbons (Fsp3) is 0. The summed E-state index contributed by atoms with van der Waals surface area (Å²) in [6.07, 6.45) is 9.90. The predicted octanol–water partition coefficient (Wildman–Crippen LogP) is 1.24. The van der Waals surface area contributed by atoms with Crippen LogP contribution in [0.4, 0.5) is 5.69 Å². The monoisotopic (exact) mass is 196 g/mol. The molecule has 1 aliphatic carbocycles. The maximum absolute atomic E-state index is 5.77. The van der Waals surface area contributed by atoms with Crippen LogP contribution in [0.2, 0.25) is 0 Å². The first-order valence-corrected chi connectivity index (χ1v) is 4.90. The van der Waals surface area contributed by atoms with Gasteiger partial charge in [-0.1, -0.05) is 30.4 Å². The zero-order valence-electron chi connectivity index (χ0n) is 8.10. The van der Waals surface area contributed by atoms with E-state index in [-0.39, 0.29) is 0 Å². The van der Waals surface area contributed by atoms with Crippen LogP contribution in [0, 0.1) is 0 Å². The molecule has 1 aromatic carbocycles. The minimum Gasteiger partial charge on any atom is -0.443 e. The molecule has 15 heavy (non-hydrogen) atoms. The van der Waals surface area contributed by atoms with Crippen LogP contribution in [-0.4, -0.2) is 5.71 Å². The third-order valence-electron chi connectivity index (χ3n) is 2.37. The molecule has 0 unspecified atom stereocenters.